The average Bonchev–Trinajstić information content (AvgIpc) is 2.23. The molecule has 0 radical (unpaired) electrons. The van der Waals surface area contributed by atoms with Crippen LogP contribution in [0.25, 0.3) is 0 Å². The topological polar surface area (TPSA) is 37.8 Å². The van der Waals surface area contributed by atoms with Gasteiger partial charge in [-0.15, -0.1) is 0 Å². The molecule has 1 aromatic heterocycles. The molecule has 2 rings (SSSR count). The fourth-order valence-corrected chi connectivity index (χ4v) is 1.58. The van der Waals surface area contributed by atoms with E-state index in [9.17, 15) is 8.78 Å². The third kappa shape index (κ3) is 2.81. The van der Waals surface area contributed by atoms with E-state index in [2.05, 4.69) is 15.3 Å². The number of nitrogens with zero attached hydrogens (tertiary/aromatic N) is 2. The molecule has 3 nitrogen and oxygen atoms in total. The van der Waals surface area contributed by atoms with Crippen LogP contribution in [-0.2, 0) is 0 Å². The molecule has 0 fully saturated rings. The van der Waals surface area contributed by atoms with Crippen molar-refractivity contribution in [2.24, 2.45) is 0 Å². The summed E-state index contributed by atoms with van der Waals surface area (Å²) in [7, 11) is 0. The normalized spacial score (nSPS) is 10.4. The number of rotatable bonds is 2. The molecule has 0 amide bonds. The molecule has 0 unspecified atom stereocenters. The van der Waals surface area contributed by atoms with Crippen molar-refractivity contribution in [3.8, 4) is 0 Å². The smallest absolute Gasteiger partial charge is 0.151 e. The molecule has 0 aliphatic heterocycles. The highest BCUT2D eigenvalue weighted by Gasteiger charge is 2.10. The van der Waals surface area contributed by atoms with E-state index in [1.807, 2.05) is 0 Å². The summed E-state index contributed by atoms with van der Waals surface area (Å²) in [6.07, 6.45) is 1.21. The SMILES string of the molecule is Fc1cc(F)c(Nc2cc(Cl)ncn2)c(Cl)c1. The zero-order valence-electron chi connectivity index (χ0n) is 8.22. The molecule has 1 heterocycles. The zero-order chi connectivity index (χ0) is 12.4. The Bertz CT molecular complexity index is 540. The molecule has 0 aliphatic rings. The molecule has 0 spiro atoms. The first-order chi connectivity index (χ1) is 8.06. The maximum Gasteiger partial charge on any atom is 0.151 e. The lowest BCUT2D eigenvalue weighted by Crippen LogP contribution is -1.98. The van der Waals surface area contributed by atoms with Crippen molar-refractivity contribution in [3.63, 3.8) is 0 Å². The summed E-state index contributed by atoms with van der Waals surface area (Å²) in [5.41, 5.74) is -0.0668. The van der Waals surface area contributed by atoms with Gasteiger partial charge in [-0.3, -0.25) is 0 Å². The Hall–Kier alpha value is -1.46. The summed E-state index contributed by atoms with van der Waals surface area (Å²) in [6, 6.07) is 3.10. The summed E-state index contributed by atoms with van der Waals surface area (Å²) in [5.74, 6) is -1.30. The molecular weight excluding hydrogens is 271 g/mol. The Morgan fingerprint density at radius 1 is 1.06 bits per heavy atom. The van der Waals surface area contributed by atoms with E-state index in [0.717, 1.165) is 12.1 Å². The number of halogens is 4. The summed E-state index contributed by atoms with van der Waals surface area (Å²) in [6.45, 7) is 0. The Kier molecular flexibility index (Phi) is 3.40. The summed E-state index contributed by atoms with van der Waals surface area (Å²) >= 11 is 11.3. The quantitative estimate of drug-likeness (QED) is 0.847. The monoisotopic (exact) mass is 275 g/mol. The van der Waals surface area contributed by atoms with Gasteiger partial charge >= 0.3 is 0 Å². The lowest BCUT2D eigenvalue weighted by molar-refractivity contribution is 0.586. The van der Waals surface area contributed by atoms with Crippen LogP contribution in [0.1, 0.15) is 0 Å². The first kappa shape index (κ1) is 12.0. The fraction of sp³-hybridized carbons (Fsp3) is 0. The van der Waals surface area contributed by atoms with Crippen molar-refractivity contribution in [2.75, 3.05) is 5.32 Å². The first-order valence-electron chi connectivity index (χ1n) is 4.45. The van der Waals surface area contributed by atoms with E-state index >= 15 is 0 Å². The van der Waals surface area contributed by atoms with Crippen LogP contribution < -0.4 is 5.32 Å². The molecule has 0 saturated heterocycles. The molecular formula is C10H5Cl2F2N3. The Balaban J connectivity index is 2.36. The molecule has 88 valence electrons. The highest BCUT2D eigenvalue weighted by atomic mass is 35.5. The van der Waals surface area contributed by atoms with E-state index in [0.29, 0.717) is 0 Å². The number of benzene rings is 1. The van der Waals surface area contributed by atoms with Gasteiger partial charge in [0.15, 0.2) is 5.82 Å². The maximum atomic E-state index is 13.4. The molecule has 0 saturated carbocycles. The highest BCUT2D eigenvalue weighted by Crippen LogP contribution is 2.28. The minimum Gasteiger partial charge on any atom is -0.336 e. The molecule has 17 heavy (non-hydrogen) atoms. The van der Waals surface area contributed by atoms with E-state index in [1.54, 1.807) is 0 Å². The lowest BCUT2D eigenvalue weighted by Gasteiger charge is -2.08. The van der Waals surface area contributed by atoms with Crippen LogP contribution in [0.4, 0.5) is 20.3 Å². The van der Waals surface area contributed by atoms with Crippen LogP contribution in [0.15, 0.2) is 24.5 Å². The summed E-state index contributed by atoms with van der Waals surface area (Å²) < 4.78 is 26.2. The van der Waals surface area contributed by atoms with E-state index in [4.69, 9.17) is 23.2 Å². The first-order valence-corrected chi connectivity index (χ1v) is 5.21. The van der Waals surface area contributed by atoms with Crippen molar-refractivity contribution in [2.45, 2.75) is 0 Å². The second kappa shape index (κ2) is 4.81. The molecule has 1 aromatic carbocycles. The van der Waals surface area contributed by atoms with Gasteiger partial charge in [0.05, 0.1) is 10.7 Å². The van der Waals surface area contributed by atoms with Gasteiger partial charge < -0.3 is 5.32 Å². The molecule has 2 aromatic rings. The second-order valence-electron chi connectivity index (χ2n) is 3.10. The minimum atomic E-state index is -0.815. The van der Waals surface area contributed by atoms with Crippen LogP contribution in [0.2, 0.25) is 10.2 Å². The van der Waals surface area contributed by atoms with Crippen molar-refractivity contribution >= 4 is 34.7 Å². The van der Waals surface area contributed by atoms with Gasteiger partial charge in [-0.2, -0.15) is 0 Å². The van der Waals surface area contributed by atoms with Crippen molar-refractivity contribution in [1.82, 2.24) is 9.97 Å². The van der Waals surface area contributed by atoms with Gasteiger partial charge in [0.1, 0.15) is 23.1 Å². The van der Waals surface area contributed by atoms with E-state index < -0.39 is 11.6 Å². The number of aromatic nitrogens is 2. The molecule has 0 atom stereocenters. The zero-order valence-corrected chi connectivity index (χ0v) is 9.73. The number of hydrogen-bond acceptors (Lipinski definition) is 3. The van der Waals surface area contributed by atoms with E-state index in [-0.39, 0.29) is 21.7 Å². The van der Waals surface area contributed by atoms with Crippen LogP contribution in [0, 0.1) is 11.6 Å². The van der Waals surface area contributed by atoms with Gasteiger partial charge in [0, 0.05) is 12.1 Å². The van der Waals surface area contributed by atoms with Gasteiger partial charge in [-0.1, -0.05) is 23.2 Å². The van der Waals surface area contributed by atoms with Crippen molar-refractivity contribution < 1.29 is 8.78 Å². The van der Waals surface area contributed by atoms with Gasteiger partial charge in [0.25, 0.3) is 0 Å². The Labute approximate surface area is 105 Å². The van der Waals surface area contributed by atoms with Gasteiger partial charge in [0.2, 0.25) is 0 Å². The largest absolute Gasteiger partial charge is 0.336 e. The summed E-state index contributed by atoms with van der Waals surface area (Å²) in [4.78, 5) is 7.48. The molecule has 0 aliphatic carbocycles. The van der Waals surface area contributed by atoms with Crippen molar-refractivity contribution in [1.29, 1.82) is 0 Å². The van der Waals surface area contributed by atoms with Crippen LogP contribution in [0.5, 0.6) is 0 Å². The third-order valence-corrected chi connectivity index (χ3v) is 2.40. The standard InChI is InChI=1S/C10H5Cl2F2N3/c11-6-1-5(13)2-7(14)10(6)17-9-3-8(12)15-4-16-9/h1-4H,(H,15,16,17). The fourth-order valence-electron chi connectivity index (χ4n) is 1.19. The predicted molar refractivity (Wildman–Crippen MR) is 61.7 cm³/mol. The maximum absolute atomic E-state index is 13.4. The molecule has 7 heteroatoms. The second-order valence-corrected chi connectivity index (χ2v) is 3.89. The van der Waals surface area contributed by atoms with Gasteiger partial charge in [-0.05, 0) is 6.07 Å². The number of hydrogen-bond donors (Lipinski definition) is 1. The minimum absolute atomic E-state index is 0.0668. The summed E-state index contributed by atoms with van der Waals surface area (Å²) in [5, 5.41) is 2.71. The Morgan fingerprint density at radius 3 is 2.47 bits per heavy atom. The predicted octanol–water partition coefficient (Wildman–Crippen LogP) is 3.81. The third-order valence-electron chi connectivity index (χ3n) is 1.89. The van der Waals surface area contributed by atoms with Crippen molar-refractivity contribution in [3.05, 3.63) is 46.3 Å². The Morgan fingerprint density at radius 2 is 1.82 bits per heavy atom. The van der Waals surface area contributed by atoms with E-state index in [1.165, 1.54) is 12.4 Å². The number of anilines is 2. The van der Waals surface area contributed by atoms with Gasteiger partial charge in [-0.25, -0.2) is 18.7 Å². The average molecular weight is 276 g/mol. The lowest BCUT2D eigenvalue weighted by atomic mass is 10.3. The highest BCUT2D eigenvalue weighted by molar-refractivity contribution is 6.33. The van der Waals surface area contributed by atoms with Crippen LogP contribution in [-0.4, -0.2) is 9.97 Å². The van der Waals surface area contributed by atoms with Crippen LogP contribution in [0.3, 0.4) is 0 Å². The molecule has 1 N–H and O–H groups in total. The van der Waals surface area contributed by atoms with Crippen LogP contribution >= 0.6 is 23.2 Å². The number of nitrogens with one attached hydrogen (secondary N) is 1. The molecule has 0 bridgehead atoms.